The zero-order valence-electron chi connectivity index (χ0n) is 46.2. The summed E-state index contributed by atoms with van der Waals surface area (Å²) in [5.41, 5.74) is 12.6. The summed E-state index contributed by atoms with van der Waals surface area (Å²) in [6.07, 6.45) is -1.80. The highest BCUT2D eigenvalue weighted by Gasteiger charge is 2.57. The molecule has 86 heavy (non-hydrogen) atoms. The van der Waals surface area contributed by atoms with Gasteiger partial charge < -0.3 is 61.8 Å². The van der Waals surface area contributed by atoms with Gasteiger partial charge in [0.25, 0.3) is 0 Å². The van der Waals surface area contributed by atoms with Gasteiger partial charge in [0.2, 0.25) is 23.1 Å². The molecule has 0 atom stereocenters. The lowest BCUT2D eigenvalue weighted by atomic mass is 10.1. The molecule has 1 amide bonds. The van der Waals surface area contributed by atoms with E-state index in [-0.39, 0.29) is 76.1 Å². The molecular weight excluding hydrogens is 1200 g/mol. The van der Waals surface area contributed by atoms with Gasteiger partial charge in [-0.15, -0.1) is 12.4 Å². The average Bonchev–Trinajstić information content (AvgIpc) is 2.46. The van der Waals surface area contributed by atoms with Crippen molar-refractivity contribution in [2.45, 2.75) is 86.8 Å². The Morgan fingerprint density at radius 3 is 1.52 bits per heavy atom. The number of imidazole rings is 2. The number of alkyl halides is 9. The zero-order valence-corrected chi connectivity index (χ0v) is 47.8. The minimum absolute atomic E-state index is 0. The Balaban J connectivity index is 0.000000142. The third kappa shape index (κ3) is 14.5. The van der Waals surface area contributed by atoms with Gasteiger partial charge >= 0.3 is 24.4 Å². The van der Waals surface area contributed by atoms with Crippen molar-refractivity contribution >= 4 is 81.7 Å². The van der Waals surface area contributed by atoms with E-state index in [0.29, 0.717) is 132 Å². The molecule has 5 saturated heterocycles. The molecule has 8 fully saturated rings. The summed E-state index contributed by atoms with van der Waals surface area (Å²) in [5.74, 6) is -0.0619. The summed E-state index contributed by atoms with van der Waals surface area (Å²) in [4.78, 5) is 60.4. The van der Waals surface area contributed by atoms with Crippen LogP contribution in [0.4, 0.5) is 69.0 Å². The Kier molecular flexibility index (Phi) is 18.1. The highest BCUT2D eigenvalue weighted by molar-refractivity contribution is 6.29. The lowest BCUT2D eigenvalue weighted by Crippen LogP contribution is -2.58. The fraction of sp³-hybridized carbons (Fsp3) is 0.620. The number of nitrogens with one attached hydrogen (secondary N) is 4. The molecule has 468 valence electrons. The topological polar surface area (TPSA) is 287 Å². The molecule has 6 aromatic heterocycles. The van der Waals surface area contributed by atoms with Gasteiger partial charge in [0, 0.05) is 121 Å². The molecule has 0 unspecified atom stereocenters. The van der Waals surface area contributed by atoms with E-state index in [1.807, 2.05) is 14.7 Å². The second-order valence-corrected chi connectivity index (χ2v) is 22.3. The Labute approximate surface area is 496 Å². The van der Waals surface area contributed by atoms with E-state index in [1.165, 1.54) is 55.3 Å². The highest BCUT2D eigenvalue weighted by Crippen LogP contribution is 2.44. The van der Waals surface area contributed by atoms with Crippen LogP contribution in [0.1, 0.15) is 38.5 Å². The van der Waals surface area contributed by atoms with Crippen LogP contribution >= 0.6 is 24.0 Å². The van der Waals surface area contributed by atoms with Gasteiger partial charge in [0.1, 0.15) is 13.1 Å². The zero-order chi connectivity index (χ0) is 59.9. The standard InChI is InChI=1S/C21H25F3N10O.C15H14ClF3N8O.C8H11F3N2O.C6H12N2.ClH/c22-21(23,24)12-34-17-14(29-19(34)33-4-3-28-20(11-33)1-2-20)16(32-5-7-35-8-6-32)30-15(31-17)13-9-26-18(25)27-10-13;16-13-23-9-11(26-1-3-28-4-2-26)24-10(8-5-21-14(20)22-6-8)25-12(9)27(13)7-15(17,18)19;9-8(10,11)6(14)13-4-3-12-5-7(13)1-2-7;1-2-6(1)5-7-3-4-8-6;/h9-10,28H,1-8,11-12H2,(H2,25,26,27);5-6H,1-4,7H2,(H2,20,21,22);12H,1-5H2;7-8H,1-5H2;1H. The quantitative estimate of drug-likeness (QED) is 0.0980. The maximum absolute atomic E-state index is 13.8. The predicted octanol–water partition coefficient (Wildman–Crippen LogP) is 3.77. The molecule has 8 aliphatic rings. The fourth-order valence-corrected chi connectivity index (χ4v) is 11.0. The number of nitrogen functional groups attached to an aromatic ring is 2. The molecular formula is C50H63Cl2F9N22O3. The molecule has 3 saturated carbocycles. The first-order valence-corrected chi connectivity index (χ1v) is 28.1. The van der Waals surface area contributed by atoms with Gasteiger partial charge in [-0.25, -0.2) is 49.8 Å². The third-order valence-electron chi connectivity index (χ3n) is 15.7. The Morgan fingerprint density at radius 1 is 0.570 bits per heavy atom. The van der Waals surface area contributed by atoms with Crippen LogP contribution in [0.15, 0.2) is 24.8 Å². The SMILES string of the molecule is C1CNC2(CC2)CN1.Cl.Nc1ncc(-c2nc(N3CCOCC3)c3nc(Cl)n(CC(F)(F)F)c3n2)cn1.Nc1ncc(-c2nc(N3CCOCC3)c3nc(N4CCNC5(CC5)C4)n(CC(F)(F)F)c3n2)cn1.O=C(N1CCNCC12CC2)C(F)(F)F. The van der Waals surface area contributed by atoms with Gasteiger partial charge in [0.15, 0.2) is 45.6 Å². The van der Waals surface area contributed by atoms with Crippen LogP contribution in [0.3, 0.4) is 0 Å². The number of nitrogens with zero attached hydrogens (tertiary/aromatic N) is 16. The van der Waals surface area contributed by atoms with Crippen LogP contribution < -0.4 is 47.4 Å². The monoisotopic (exact) mass is 1260 g/mol. The van der Waals surface area contributed by atoms with Crippen molar-refractivity contribution in [2.24, 2.45) is 0 Å². The number of ether oxygens (including phenoxy) is 2. The van der Waals surface area contributed by atoms with E-state index >= 15 is 0 Å². The molecule has 3 spiro atoms. The minimum Gasteiger partial charge on any atom is -0.378 e. The number of aromatic nitrogens is 12. The van der Waals surface area contributed by atoms with Crippen LogP contribution in [0.25, 0.3) is 45.1 Å². The molecule has 36 heteroatoms. The summed E-state index contributed by atoms with van der Waals surface area (Å²) in [7, 11) is 0. The summed E-state index contributed by atoms with van der Waals surface area (Å²) in [5, 5.41) is 13.1. The number of halogens is 11. The van der Waals surface area contributed by atoms with Gasteiger partial charge in [-0.1, -0.05) is 0 Å². The largest absolute Gasteiger partial charge is 0.471 e. The van der Waals surface area contributed by atoms with Crippen LogP contribution in [-0.4, -0.2) is 216 Å². The van der Waals surface area contributed by atoms with E-state index in [2.05, 4.69) is 61.1 Å². The fourth-order valence-electron chi connectivity index (χ4n) is 10.8. The van der Waals surface area contributed by atoms with Gasteiger partial charge in [-0.3, -0.25) is 13.9 Å². The summed E-state index contributed by atoms with van der Waals surface area (Å²) < 4.78 is 130. The number of rotatable bonds is 7. The summed E-state index contributed by atoms with van der Waals surface area (Å²) in [6.45, 7) is 7.96. The molecule has 0 aromatic carbocycles. The number of carbonyl (C=O) groups excluding carboxylic acids is 1. The van der Waals surface area contributed by atoms with Crippen molar-refractivity contribution in [1.29, 1.82) is 0 Å². The second kappa shape index (κ2) is 24.9. The number of nitrogens with two attached hydrogens (primary N) is 2. The van der Waals surface area contributed by atoms with Crippen molar-refractivity contribution in [2.75, 3.05) is 138 Å². The van der Waals surface area contributed by atoms with E-state index in [1.54, 1.807) is 0 Å². The van der Waals surface area contributed by atoms with Crippen LogP contribution in [-0.2, 0) is 27.4 Å². The van der Waals surface area contributed by atoms with Crippen molar-refractivity contribution in [1.82, 2.24) is 85.1 Å². The van der Waals surface area contributed by atoms with Crippen molar-refractivity contribution in [3.05, 3.63) is 30.1 Å². The van der Waals surface area contributed by atoms with Gasteiger partial charge in [-0.2, -0.15) is 39.5 Å². The predicted molar refractivity (Wildman–Crippen MR) is 300 cm³/mol. The molecule has 5 aliphatic heterocycles. The van der Waals surface area contributed by atoms with E-state index < -0.39 is 43.1 Å². The number of hydrogen-bond donors (Lipinski definition) is 6. The number of fused-ring (bicyclic) bond motifs is 2. The highest BCUT2D eigenvalue weighted by atomic mass is 35.5. The van der Waals surface area contributed by atoms with Crippen LogP contribution in [0.5, 0.6) is 0 Å². The summed E-state index contributed by atoms with van der Waals surface area (Å²) in [6, 6.07) is 0. The third-order valence-corrected chi connectivity index (χ3v) is 16.0. The number of hydrogen-bond acceptors (Lipinski definition) is 22. The Hall–Kier alpha value is -6.56. The normalized spacial score (nSPS) is 20.3. The van der Waals surface area contributed by atoms with Crippen molar-refractivity contribution in [3.63, 3.8) is 0 Å². The molecule has 3 aliphatic carbocycles. The molecule has 8 N–H and O–H groups in total. The first-order chi connectivity index (χ1) is 40.5. The smallest absolute Gasteiger partial charge is 0.378 e. The van der Waals surface area contributed by atoms with Gasteiger partial charge in [-0.05, 0) is 50.1 Å². The maximum atomic E-state index is 13.8. The van der Waals surface area contributed by atoms with Crippen LogP contribution in [0.2, 0.25) is 5.28 Å². The first kappa shape index (κ1) is 62.5. The molecule has 25 nitrogen and oxygen atoms in total. The lowest BCUT2D eigenvalue weighted by molar-refractivity contribution is -0.189. The number of carbonyl (C=O) groups is 1. The minimum atomic E-state index is -4.73. The van der Waals surface area contributed by atoms with E-state index in [4.69, 9.17) is 42.5 Å². The van der Waals surface area contributed by atoms with Crippen molar-refractivity contribution < 1.29 is 53.8 Å². The van der Waals surface area contributed by atoms with E-state index in [0.717, 1.165) is 28.9 Å². The number of piperazine rings is 3. The molecule has 11 heterocycles. The molecule has 14 rings (SSSR count). The number of morpholine rings is 2. The molecule has 0 radical (unpaired) electrons. The summed E-state index contributed by atoms with van der Waals surface area (Å²) >= 11 is 6.00. The number of anilines is 5. The van der Waals surface area contributed by atoms with Crippen LogP contribution in [0, 0.1) is 0 Å². The number of amides is 1. The van der Waals surface area contributed by atoms with Crippen molar-refractivity contribution in [3.8, 4) is 22.8 Å². The molecule has 0 bridgehead atoms. The van der Waals surface area contributed by atoms with E-state index in [9.17, 15) is 44.3 Å². The maximum Gasteiger partial charge on any atom is 0.471 e. The first-order valence-electron chi connectivity index (χ1n) is 27.7. The second-order valence-electron chi connectivity index (χ2n) is 22.0. The lowest BCUT2D eigenvalue weighted by Gasteiger charge is -2.37. The Bertz CT molecular complexity index is 3320. The average molecular weight is 1260 g/mol. The Morgan fingerprint density at radius 2 is 1.06 bits per heavy atom. The van der Waals surface area contributed by atoms with Gasteiger partial charge in [0.05, 0.1) is 43.1 Å². The molecule has 6 aromatic rings.